The second kappa shape index (κ2) is 7.59. The van der Waals surface area contributed by atoms with Crippen molar-refractivity contribution in [1.29, 1.82) is 21.2 Å². The Morgan fingerprint density at radius 1 is 1.18 bits per heavy atom. The van der Waals surface area contributed by atoms with E-state index < -0.39 is 11.3 Å². The normalized spacial score (nSPS) is 28.5. The van der Waals surface area contributed by atoms with Gasteiger partial charge in [0.15, 0.2) is 0 Å². The molecule has 1 aromatic carbocycles. The van der Waals surface area contributed by atoms with Crippen LogP contribution in [0.2, 0.25) is 0 Å². The first kappa shape index (κ1) is 19.8. The van der Waals surface area contributed by atoms with Crippen LogP contribution in [-0.2, 0) is 0 Å². The average Bonchev–Trinajstić information content (AvgIpc) is 2.73. The molecule has 4 atom stereocenters. The lowest BCUT2D eigenvalue weighted by molar-refractivity contribution is -0.897. The van der Waals surface area contributed by atoms with Gasteiger partial charge in [-0.2, -0.15) is 15.8 Å². The maximum absolute atomic E-state index is 9.94. The summed E-state index contributed by atoms with van der Waals surface area (Å²) >= 11 is 0. The molecule has 0 radical (unpaired) electrons. The maximum atomic E-state index is 9.94. The Morgan fingerprint density at radius 3 is 2.32 bits per heavy atom. The van der Waals surface area contributed by atoms with Crippen molar-refractivity contribution in [1.82, 2.24) is 0 Å². The molecule has 0 bridgehead atoms. The number of nitriles is 3. The molecular formula is C23H26N5+. The van der Waals surface area contributed by atoms with Gasteiger partial charge in [-0.3, -0.25) is 0 Å². The van der Waals surface area contributed by atoms with Crippen LogP contribution in [-0.4, -0.2) is 25.3 Å². The molecule has 2 N–H and O–H groups in total. The summed E-state index contributed by atoms with van der Waals surface area (Å²) in [5.74, 6) is -0.656. The summed E-state index contributed by atoms with van der Waals surface area (Å²) in [6.07, 6.45) is 1.98. The fraction of sp³-hybridized carbons (Fsp3) is 0.478. The number of fused-ring (bicyclic) bond motifs is 1. The SMILES string of the molecule is CC[NH+]1CC=C2[C@@H](C1)[C@H](c1ccc(C(C)C)cc1)[C@H](C#N)C(=N)C2(C#N)C#N. The standard InChI is InChI=1S/C23H25N5/c1-4-28-10-9-20-19(12-28)21(17-7-5-16(6-8-17)15(2)3)18(11-24)22(27)23(20,13-25)14-26/h5-9,15,18-19,21,27H,4,10,12H2,1-3H3/p+1/t18-,19+,21+/m0/s1. The molecule has 2 aliphatic rings. The number of quaternary nitrogens is 1. The molecule has 3 rings (SSSR count). The number of rotatable bonds is 3. The third-order valence-electron chi connectivity index (χ3n) is 6.42. The minimum Gasteiger partial charge on any atom is -0.331 e. The van der Waals surface area contributed by atoms with Crippen LogP contribution in [0.15, 0.2) is 35.9 Å². The molecule has 1 saturated carbocycles. The predicted octanol–water partition coefficient (Wildman–Crippen LogP) is 2.56. The summed E-state index contributed by atoms with van der Waals surface area (Å²) in [7, 11) is 0. The second-order valence-corrected chi connectivity index (χ2v) is 8.12. The Labute approximate surface area is 167 Å². The van der Waals surface area contributed by atoms with Gasteiger partial charge in [-0.25, -0.2) is 0 Å². The molecule has 0 aromatic heterocycles. The summed E-state index contributed by atoms with van der Waals surface area (Å²) in [6.45, 7) is 8.87. The van der Waals surface area contributed by atoms with Crippen molar-refractivity contribution in [2.24, 2.45) is 17.3 Å². The van der Waals surface area contributed by atoms with E-state index in [4.69, 9.17) is 5.41 Å². The quantitative estimate of drug-likeness (QED) is 0.798. The molecule has 142 valence electrons. The van der Waals surface area contributed by atoms with E-state index >= 15 is 0 Å². The van der Waals surface area contributed by atoms with Gasteiger partial charge in [-0.1, -0.05) is 38.1 Å². The maximum Gasteiger partial charge on any atom is 0.203 e. The van der Waals surface area contributed by atoms with Crippen molar-refractivity contribution in [3.05, 3.63) is 47.0 Å². The van der Waals surface area contributed by atoms with Crippen LogP contribution in [0.4, 0.5) is 0 Å². The zero-order valence-electron chi connectivity index (χ0n) is 16.7. The molecule has 1 heterocycles. The average molecular weight is 372 g/mol. The first-order valence-electron chi connectivity index (χ1n) is 9.88. The molecule has 0 spiro atoms. The summed E-state index contributed by atoms with van der Waals surface area (Å²) < 4.78 is 0. The molecule has 5 nitrogen and oxygen atoms in total. The van der Waals surface area contributed by atoms with Crippen LogP contribution >= 0.6 is 0 Å². The molecule has 1 fully saturated rings. The highest BCUT2D eigenvalue weighted by Gasteiger charge is 2.57. The van der Waals surface area contributed by atoms with Crippen LogP contribution in [0.5, 0.6) is 0 Å². The highest BCUT2D eigenvalue weighted by molar-refractivity contribution is 6.01. The number of nitrogens with one attached hydrogen (secondary N) is 2. The van der Waals surface area contributed by atoms with Gasteiger partial charge in [0.25, 0.3) is 0 Å². The van der Waals surface area contributed by atoms with Crippen molar-refractivity contribution in [3.8, 4) is 18.2 Å². The summed E-state index contributed by atoms with van der Waals surface area (Å²) in [5.41, 5.74) is 1.29. The van der Waals surface area contributed by atoms with Crippen molar-refractivity contribution >= 4 is 5.71 Å². The Hall–Kier alpha value is -2.94. The first-order valence-corrected chi connectivity index (χ1v) is 9.88. The van der Waals surface area contributed by atoms with Crippen LogP contribution in [0.1, 0.15) is 43.7 Å². The van der Waals surface area contributed by atoms with Crippen molar-refractivity contribution in [2.45, 2.75) is 32.6 Å². The van der Waals surface area contributed by atoms with Gasteiger partial charge >= 0.3 is 0 Å². The third-order valence-corrected chi connectivity index (χ3v) is 6.42. The highest BCUT2D eigenvalue weighted by Crippen LogP contribution is 2.51. The number of benzene rings is 1. The Bertz CT molecular complexity index is 906. The number of hydrogen-bond acceptors (Lipinski definition) is 4. The molecule has 1 aromatic rings. The van der Waals surface area contributed by atoms with E-state index in [0.29, 0.717) is 5.92 Å². The van der Waals surface area contributed by atoms with E-state index in [1.54, 1.807) is 0 Å². The van der Waals surface area contributed by atoms with Gasteiger partial charge in [0.2, 0.25) is 5.41 Å². The predicted molar refractivity (Wildman–Crippen MR) is 107 cm³/mol. The molecule has 28 heavy (non-hydrogen) atoms. The van der Waals surface area contributed by atoms with Gasteiger partial charge < -0.3 is 10.3 Å². The van der Waals surface area contributed by atoms with Crippen LogP contribution in [0.3, 0.4) is 0 Å². The van der Waals surface area contributed by atoms with Gasteiger partial charge in [0.05, 0.1) is 49.5 Å². The largest absolute Gasteiger partial charge is 0.331 e. The third kappa shape index (κ3) is 2.91. The molecule has 5 heteroatoms. The lowest BCUT2D eigenvalue weighted by Crippen LogP contribution is -3.13. The Morgan fingerprint density at radius 2 is 1.82 bits per heavy atom. The lowest BCUT2D eigenvalue weighted by atomic mass is 9.55. The monoisotopic (exact) mass is 372 g/mol. The van der Waals surface area contributed by atoms with E-state index in [0.717, 1.165) is 30.8 Å². The van der Waals surface area contributed by atoms with Crippen LogP contribution < -0.4 is 4.90 Å². The van der Waals surface area contributed by atoms with Gasteiger partial charge in [-0.05, 0) is 35.6 Å². The smallest absolute Gasteiger partial charge is 0.203 e. The zero-order chi connectivity index (χ0) is 20.5. The van der Waals surface area contributed by atoms with Crippen molar-refractivity contribution in [2.75, 3.05) is 19.6 Å². The van der Waals surface area contributed by atoms with Crippen LogP contribution in [0, 0.1) is 56.7 Å². The summed E-state index contributed by atoms with van der Waals surface area (Å²) in [4.78, 5) is 1.37. The minimum atomic E-state index is -1.61. The number of likely N-dealkylation sites (N-methyl/N-ethyl adjacent to an activating group) is 1. The Kier molecular flexibility index (Phi) is 5.37. The van der Waals surface area contributed by atoms with Gasteiger partial charge in [0, 0.05) is 11.8 Å². The number of nitrogens with zero attached hydrogens (tertiary/aromatic N) is 3. The number of hydrogen-bond donors (Lipinski definition) is 2. The molecular weight excluding hydrogens is 346 g/mol. The van der Waals surface area contributed by atoms with Gasteiger partial charge in [-0.15, -0.1) is 0 Å². The van der Waals surface area contributed by atoms with E-state index in [2.05, 4.69) is 63.2 Å². The zero-order valence-corrected chi connectivity index (χ0v) is 16.7. The highest BCUT2D eigenvalue weighted by atomic mass is 15.1. The molecule has 1 unspecified atom stereocenters. The molecule has 1 aliphatic carbocycles. The second-order valence-electron chi connectivity index (χ2n) is 8.12. The van der Waals surface area contributed by atoms with E-state index in [1.165, 1.54) is 10.5 Å². The topological polar surface area (TPSA) is 99.7 Å². The minimum absolute atomic E-state index is 0.0691. The molecule has 0 saturated heterocycles. The fourth-order valence-electron chi connectivity index (χ4n) is 4.70. The van der Waals surface area contributed by atoms with Gasteiger partial charge in [0.1, 0.15) is 0 Å². The lowest BCUT2D eigenvalue weighted by Gasteiger charge is -2.45. The van der Waals surface area contributed by atoms with E-state index in [9.17, 15) is 15.8 Å². The van der Waals surface area contributed by atoms with E-state index in [1.807, 2.05) is 6.08 Å². The summed E-state index contributed by atoms with van der Waals surface area (Å²) in [5, 5.41) is 38.3. The van der Waals surface area contributed by atoms with Crippen LogP contribution in [0.25, 0.3) is 0 Å². The van der Waals surface area contributed by atoms with Crippen molar-refractivity contribution < 1.29 is 4.90 Å². The molecule has 0 amide bonds. The molecule has 1 aliphatic heterocycles. The fourth-order valence-corrected chi connectivity index (χ4v) is 4.70. The summed E-state index contributed by atoms with van der Waals surface area (Å²) in [6, 6.07) is 14.7. The Balaban J connectivity index is 2.16. The first-order chi connectivity index (χ1) is 13.4. The van der Waals surface area contributed by atoms with E-state index in [-0.39, 0.29) is 17.5 Å². The van der Waals surface area contributed by atoms with Crippen molar-refractivity contribution in [3.63, 3.8) is 0 Å².